The number of anilines is 4. The van der Waals surface area contributed by atoms with Gasteiger partial charge in [0, 0.05) is 19.2 Å². The van der Waals surface area contributed by atoms with Crippen molar-refractivity contribution in [2.24, 2.45) is 0 Å². The Bertz CT molecular complexity index is 856. The minimum Gasteiger partial charge on any atom is -0.497 e. The molecule has 4 N–H and O–H groups in total. The lowest BCUT2D eigenvalue weighted by molar-refractivity contribution is -0.383. The van der Waals surface area contributed by atoms with Crippen LogP contribution in [0.3, 0.4) is 0 Å². The molecule has 1 aliphatic rings. The maximum absolute atomic E-state index is 11.5. The third kappa shape index (κ3) is 4.31. The molecule has 1 saturated heterocycles. The van der Waals surface area contributed by atoms with Crippen molar-refractivity contribution >= 4 is 29.0 Å². The second-order valence-electron chi connectivity index (χ2n) is 6.09. The van der Waals surface area contributed by atoms with Gasteiger partial charge in [-0.25, -0.2) is 0 Å². The molecule has 28 heavy (non-hydrogen) atoms. The zero-order valence-corrected chi connectivity index (χ0v) is 15.6. The molecule has 0 saturated carbocycles. The molecule has 0 bridgehead atoms. The van der Waals surface area contributed by atoms with Gasteiger partial charge in [-0.3, -0.25) is 10.1 Å². The first-order valence-corrected chi connectivity index (χ1v) is 8.68. The maximum atomic E-state index is 11.5. The molecular formula is C17H22N6O5. The second-order valence-corrected chi connectivity index (χ2v) is 6.09. The van der Waals surface area contributed by atoms with Crippen molar-refractivity contribution in [2.45, 2.75) is 18.9 Å². The Hall–Kier alpha value is -3.34. The van der Waals surface area contributed by atoms with Gasteiger partial charge in [-0.15, -0.1) is 0 Å². The van der Waals surface area contributed by atoms with Gasteiger partial charge in [0.25, 0.3) is 0 Å². The molecule has 150 valence electrons. The average Bonchev–Trinajstić information content (AvgIpc) is 3.19. The number of nitrogen functional groups attached to an aromatic ring is 1. The third-order valence-corrected chi connectivity index (χ3v) is 4.27. The largest absolute Gasteiger partial charge is 0.497 e. The Morgan fingerprint density at radius 3 is 2.82 bits per heavy atom. The molecule has 11 heteroatoms. The standard InChI is InChI=1S/C17H22N6O5/c1-26-10-5-6-13(27-2)12(8-10)20-16-14(23(24)25)15(18)21-17(22-16)19-9-11-4-3-7-28-11/h5-6,8,11H,3-4,7,9H2,1-2H3,(H4,18,19,20,21,22)/t11-/m0/s1. The van der Waals surface area contributed by atoms with Gasteiger partial charge in [-0.2, -0.15) is 9.97 Å². The molecule has 1 aliphatic heterocycles. The van der Waals surface area contributed by atoms with E-state index in [1.165, 1.54) is 14.2 Å². The first-order chi connectivity index (χ1) is 13.5. The molecule has 0 radical (unpaired) electrons. The molecule has 3 rings (SSSR count). The Morgan fingerprint density at radius 2 is 2.18 bits per heavy atom. The molecule has 1 aromatic carbocycles. The fourth-order valence-electron chi connectivity index (χ4n) is 2.87. The second kappa shape index (κ2) is 8.57. The Morgan fingerprint density at radius 1 is 1.36 bits per heavy atom. The summed E-state index contributed by atoms with van der Waals surface area (Å²) in [4.78, 5) is 19.1. The molecule has 11 nitrogen and oxygen atoms in total. The molecule has 1 atom stereocenters. The first-order valence-electron chi connectivity index (χ1n) is 8.68. The highest BCUT2D eigenvalue weighted by molar-refractivity contribution is 5.77. The predicted molar refractivity (Wildman–Crippen MR) is 103 cm³/mol. The van der Waals surface area contributed by atoms with Crippen LogP contribution in [0.5, 0.6) is 11.5 Å². The van der Waals surface area contributed by atoms with Crippen molar-refractivity contribution in [2.75, 3.05) is 43.7 Å². The first kappa shape index (κ1) is 19.4. The van der Waals surface area contributed by atoms with Gasteiger partial charge in [-0.05, 0) is 25.0 Å². The summed E-state index contributed by atoms with van der Waals surface area (Å²) in [5.74, 6) is 0.868. The molecule has 0 spiro atoms. The minimum atomic E-state index is -0.631. The van der Waals surface area contributed by atoms with Crippen molar-refractivity contribution in [3.63, 3.8) is 0 Å². The van der Waals surface area contributed by atoms with Crippen molar-refractivity contribution < 1.29 is 19.1 Å². The van der Waals surface area contributed by atoms with Gasteiger partial charge in [0.2, 0.25) is 17.6 Å². The maximum Gasteiger partial charge on any atom is 0.353 e. The summed E-state index contributed by atoms with van der Waals surface area (Å²) in [6.45, 7) is 1.21. The lowest BCUT2D eigenvalue weighted by Gasteiger charge is -2.15. The van der Waals surface area contributed by atoms with Crippen LogP contribution in [0.15, 0.2) is 18.2 Å². The zero-order valence-electron chi connectivity index (χ0n) is 15.6. The summed E-state index contributed by atoms with van der Waals surface area (Å²) in [6.07, 6.45) is 1.98. The van der Waals surface area contributed by atoms with E-state index in [1.54, 1.807) is 18.2 Å². The van der Waals surface area contributed by atoms with Crippen LogP contribution in [0.2, 0.25) is 0 Å². The van der Waals surface area contributed by atoms with E-state index >= 15 is 0 Å². The lowest BCUT2D eigenvalue weighted by atomic mass is 10.2. The van der Waals surface area contributed by atoms with E-state index in [2.05, 4.69) is 20.6 Å². The fraction of sp³-hybridized carbons (Fsp3) is 0.412. The topological polar surface area (TPSA) is 147 Å². The molecule has 0 aliphatic carbocycles. The van der Waals surface area contributed by atoms with E-state index in [9.17, 15) is 10.1 Å². The smallest absolute Gasteiger partial charge is 0.353 e. The van der Waals surface area contributed by atoms with Crippen LogP contribution in [0, 0.1) is 10.1 Å². The van der Waals surface area contributed by atoms with Gasteiger partial charge in [0.05, 0.1) is 30.9 Å². The molecule has 0 amide bonds. The fourth-order valence-corrected chi connectivity index (χ4v) is 2.87. The van der Waals surface area contributed by atoms with Gasteiger partial charge < -0.3 is 30.6 Å². The number of methoxy groups -OCH3 is 2. The van der Waals surface area contributed by atoms with Crippen LogP contribution >= 0.6 is 0 Å². The summed E-state index contributed by atoms with van der Waals surface area (Å²) >= 11 is 0. The van der Waals surface area contributed by atoms with E-state index in [0.29, 0.717) is 23.7 Å². The summed E-state index contributed by atoms with van der Waals surface area (Å²) in [5, 5.41) is 17.4. The zero-order chi connectivity index (χ0) is 20.1. The number of hydrogen-bond donors (Lipinski definition) is 3. The van der Waals surface area contributed by atoms with Crippen molar-refractivity contribution in [3.05, 3.63) is 28.3 Å². The van der Waals surface area contributed by atoms with E-state index in [1.807, 2.05) is 0 Å². The highest BCUT2D eigenvalue weighted by Crippen LogP contribution is 2.36. The number of nitrogens with zero attached hydrogens (tertiary/aromatic N) is 3. The number of hydrogen-bond acceptors (Lipinski definition) is 10. The normalized spacial score (nSPS) is 15.9. The lowest BCUT2D eigenvalue weighted by Crippen LogP contribution is -2.20. The number of rotatable bonds is 8. The quantitative estimate of drug-likeness (QED) is 0.453. The summed E-state index contributed by atoms with van der Waals surface area (Å²) in [6, 6.07) is 5.02. The third-order valence-electron chi connectivity index (χ3n) is 4.27. The van der Waals surface area contributed by atoms with Gasteiger partial charge in [-0.1, -0.05) is 0 Å². The number of aromatic nitrogens is 2. The predicted octanol–water partition coefficient (Wildman–Crippen LogP) is 2.32. The van der Waals surface area contributed by atoms with Crippen molar-refractivity contribution in [3.8, 4) is 11.5 Å². The van der Waals surface area contributed by atoms with Crippen LogP contribution in [0.25, 0.3) is 0 Å². The highest BCUT2D eigenvalue weighted by Gasteiger charge is 2.25. The molecule has 2 aromatic rings. The summed E-state index contributed by atoms with van der Waals surface area (Å²) in [5.41, 5.74) is 5.84. The average molecular weight is 390 g/mol. The van der Waals surface area contributed by atoms with E-state index in [0.717, 1.165) is 19.4 Å². The monoisotopic (exact) mass is 390 g/mol. The van der Waals surface area contributed by atoms with Gasteiger partial charge >= 0.3 is 5.69 Å². The summed E-state index contributed by atoms with van der Waals surface area (Å²) < 4.78 is 16.0. The van der Waals surface area contributed by atoms with Crippen LogP contribution in [0.1, 0.15) is 12.8 Å². The Kier molecular flexibility index (Phi) is 5.94. The van der Waals surface area contributed by atoms with Gasteiger partial charge in [0.1, 0.15) is 11.5 Å². The van der Waals surface area contributed by atoms with Crippen LogP contribution in [-0.2, 0) is 4.74 Å². The number of ether oxygens (including phenoxy) is 3. The molecule has 1 aromatic heterocycles. The van der Waals surface area contributed by atoms with Crippen LogP contribution < -0.4 is 25.8 Å². The number of nitrogens with one attached hydrogen (secondary N) is 2. The minimum absolute atomic E-state index is 0.0508. The number of nitro groups is 1. The molecule has 1 fully saturated rings. The van der Waals surface area contributed by atoms with Gasteiger partial charge in [0.15, 0.2) is 0 Å². The molecule has 2 heterocycles. The molecular weight excluding hydrogens is 368 g/mol. The number of benzene rings is 1. The van der Waals surface area contributed by atoms with E-state index in [-0.39, 0.29) is 23.7 Å². The molecule has 0 unspecified atom stereocenters. The van der Waals surface area contributed by atoms with E-state index < -0.39 is 10.6 Å². The SMILES string of the molecule is COc1ccc(OC)c(Nc2nc(NC[C@@H]3CCCO3)nc(N)c2[N+](=O)[O-])c1. The Labute approximate surface area is 161 Å². The van der Waals surface area contributed by atoms with Crippen molar-refractivity contribution in [1.29, 1.82) is 0 Å². The highest BCUT2D eigenvalue weighted by atomic mass is 16.6. The Balaban J connectivity index is 1.92. The van der Waals surface area contributed by atoms with Crippen molar-refractivity contribution in [1.82, 2.24) is 9.97 Å². The number of nitrogens with two attached hydrogens (primary N) is 1. The summed E-state index contributed by atoms with van der Waals surface area (Å²) in [7, 11) is 3.01. The van der Waals surface area contributed by atoms with E-state index in [4.69, 9.17) is 19.9 Å². The van der Waals surface area contributed by atoms with Crippen LogP contribution in [-0.4, -0.2) is 48.4 Å². The van der Waals surface area contributed by atoms with Crippen LogP contribution in [0.4, 0.5) is 29.0 Å².